The molecule has 0 saturated carbocycles. The Kier molecular flexibility index (Phi) is 4.33. The number of hydrogen-bond acceptors (Lipinski definition) is 3. The van der Waals surface area contributed by atoms with E-state index in [-0.39, 0.29) is 5.69 Å². The minimum absolute atomic E-state index is 0.253. The summed E-state index contributed by atoms with van der Waals surface area (Å²) in [4.78, 5) is 12.9. The zero-order valence-corrected chi connectivity index (χ0v) is 17.1. The molecule has 152 valence electrons. The lowest BCUT2D eigenvalue weighted by Gasteiger charge is -2.04. The van der Waals surface area contributed by atoms with Gasteiger partial charge < -0.3 is 14.9 Å². The minimum atomic E-state index is -0.253. The van der Waals surface area contributed by atoms with Crippen LogP contribution in [-0.4, -0.2) is 30.4 Å². The fraction of sp³-hybridized carbons (Fsp3) is 0.217. The lowest BCUT2D eigenvalue weighted by molar-refractivity contribution is 0.669. The molecule has 3 N–H and O–H groups in total. The Balaban J connectivity index is 1.78. The van der Waals surface area contributed by atoms with E-state index in [0.29, 0.717) is 12.4 Å². The lowest BCUT2D eigenvalue weighted by atomic mass is 10.1. The number of para-hydroxylation sites is 1. The van der Waals surface area contributed by atoms with Crippen molar-refractivity contribution >= 4 is 21.8 Å². The van der Waals surface area contributed by atoms with Gasteiger partial charge in [-0.15, -0.1) is 0 Å². The van der Waals surface area contributed by atoms with Gasteiger partial charge in [-0.05, 0) is 37.6 Å². The first-order chi connectivity index (χ1) is 14.6. The largest absolute Gasteiger partial charge is 0.350 e. The van der Waals surface area contributed by atoms with Gasteiger partial charge in [-0.2, -0.15) is 5.10 Å². The van der Waals surface area contributed by atoms with Crippen molar-refractivity contribution in [3.8, 4) is 17.1 Å². The number of nitrogens with zero attached hydrogens (tertiary/aromatic N) is 4. The molecule has 5 aromatic rings. The van der Waals surface area contributed by atoms with Crippen LogP contribution in [0.2, 0.25) is 0 Å². The van der Waals surface area contributed by atoms with Crippen LogP contribution < -0.4 is 11.4 Å². The predicted molar refractivity (Wildman–Crippen MR) is 120 cm³/mol. The van der Waals surface area contributed by atoms with Gasteiger partial charge >= 0.3 is 5.69 Å². The Morgan fingerprint density at radius 3 is 2.73 bits per heavy atom. The third kappa shape index (κ3) is 2.78. The third-order valence-corrected chi connectivity index (χ3v) is 5.67. The first-order valence-corrected chi connectivity index (χ1v) is 10.1. The second-order valence-corrected chi connectivity index (χ2v) is 7.73. The van der Waals surface area contributed by atoms with Gasteiger partial charge in [0.05, 0.1) is 11.2 Å². The summed E-state index contributed by atoms with van der Waals surface area (Å²) in [6, 6.07) is 14.4. The van der Waals surface area contributed by atoms with Crippen LogP contribution >= 0.6 is 0 Å². The van der Waals surface area contributed by atoms with Crippen molar-refractivity contribution in [1.29, 1.82) is 0 Å². The Morgan fingerprint density at radius 1 is 1.07 bits per heavy atom. The van der Waals surface area contributed by atoms with Crippen molar-refractivity contribution in [2.75, 3.05) is 6.54 Å². The summed E-state index contributed by atoms with van der Waals surface area (Å²) in [6.07, 6.45) is 4.92. The highest BCUT2D eigenvalue weighted by Crippen LogP contribution is 2.32. The SMILES string of the molecule is Cc1ccc2c(-n3c(-c4cn(C)c5ccccc45)n[nH]c3=O)cn(CCCN)c2c1. The highest BCUT2D eigenvalue weighted by molar-refractivity contribution is 5.96. The van der Waals surface area contributed by atoms with Crippen LogP contribution in [0.1, 0.15) is 12.0 Å². The zero-order valence-electron chi connectivity index (χ0n) is 17.1. The van der Waals surface area contributed by atoms with Crippen LogP contribution in [0.5, 0.6) is 0 Å². The van der Waals surface area contributed by atoms with Crippen LogP contribution in [0.15, 0.2) is 59.7 Å². The maximum absolute atomic E-state index is 12.9. The Morgan fingerprint density at radius 2 is 1.90 bits per heavy atom. The predicted octanol–water partition coefficient (Wildman–Crippen LogP) is 3.33. The Labute approximate surface area is 173 Å². The van der Waals surface area contributed by atoms with E-state index >= 15 is 0 Å². The number of aromatic nitrogens is 5. The average molecular weight is 400 g/mol. The zero-order chi connectivity index (χ0) is 20.8. The van der Waals surface area contributed by atoms with Gasteiger partial charge in [0.2, 0.25) is 0 Å². The van der Waals surface area contributed by atoms with E-state index in [1.165, 1.54) is 5.56 Å². The van der Waals surface area contributed by atoms with Crippen molar-refractivity contribution < 1.29 is 0 Å². The summed E-state index contributed by atoms with van der Waals surface area (Å²) < 4.78 is 5.91. The number of fused-ring (bicyclic) bond motifs is 2. The lowest BCUT2D eigenvalue weighted by Crippen LogP contribution is -2.15. The molecule has 0 bridgehead atoms. The van der Waals surface area contributed by atoms with E-state index in [4.69, 9.17) is 5.73 Å². The highest BCUT2D eigenvalue weighted by atomic mass is 16.1. The molecule has 0 aliphatic carbocycles. The second-order valence-electron chi connectivity index (χ2n) is 7.73. The molecule has 0 atom stereocenters. The molecule has 3 heterocycles. The van der Waals surface area contributed by atoms with Gasteiger partial charge in [-0.3, -0.25) is 0 Å². The molecule has 0 aliphatic rings. The number of aryl methyl sites for hydroxylation is 3. The van der Waals surface area contributed by atoms with Crippen molar-refractivity contribution in [3.63, 3.8) is 0 Å². The van der Waals surface area contributed by atoms with Gasteiger partial charge in [0, 0.05) is 47.8 Å². The molecule has 0 spiro atoms. The van der Waals surface area contributed by atoms with Crippen LogP contribution in [0.4, 0.5) is 0 Å². The summed E-state index contributed by atoms with van der Waals surface area (Å²) in [5, 5.41) is 9.13. The number of H-pyrrole nitrogens is 1. The van der Waals surface area contributed by atoms with Crippen LogP contribution in [0.3, 0.4) is 0 Å². The quantitative estimate of drug-likeness (QED) is 0.474. The molecule has 7 heteroatoms. The number of nitrogens with two attached hydrogens (primary N) is 1. The van der Waals surface area contributed by atoms with Gasteiger partial charge in [0.15, 0.2) is 5.82 Å². The number of benzene rings is 2. The molecule has 0 unspecified atom stereocenters. The smallest absolute Gasteiger partial charge is 0.348 e. The molecule has 0 fully saturated rings. The summed E-state index contributed by atoms with van der Waals surface area (Å²) >= 11 is 0. The number of rotatable bonds is 5. The maximum atomic E-state index is 12.9. The molecule has 7 nitrogen and oxygen atoms in total. The third-order valence-electron chi connectivity index (χ3n) is 5.67. The standard InChI is InChI=1S/C23H24N6O/c1-15-8-9-17-20(12-15)28(11-5-10-24)14-21(17)29-22(25-26-23(29)30)18-13-27(2)19-7-4-3-6-16(18)19/h3-4,6-9,12-14H,5,10-11,24H2,1-2H3,(H,26,30). The molecular formula is C23H24N6O. The number of nitrogens with one attached hydrogen (secondary N) is 1. The van der Waals surface area contributed by atoms with Crippen molar-refractivity contribution in [2.24, 2.45) is 12.8 Å². The fourth-order valence-corrected chi connectivity index (χ4v) is 4.23. The van der Waals surface area contributed by atoms with E-state index in [2.05, 4.69) is 56.6 Å². The van der Waals surface area contributed by atoms with Crippen molar-refractivity contribution in [3.05, 3.63) is 70.9 Å². The molecule has 0 amide bonds. The molecule has 0 radical (unpaired) electrons. The average Bonchev–Trinajstić information content (AvgIpc) is 3.40. The van der Waals surface area contributed by atoms with Gasteiger partial charge in [-0.25, -0.2) is 14.5 Å². The van der Waals surface area contributed by atoms with Crippen molar-refractivity contribution in [1.82, 2.24) is 23.9 Å². The molecule has 30 heavy (non-hydrogen) atoms. The molecule has 0 aliphatic heterocycles. The summed E-state index contributed by atoms with van der Waals surface area (Å²) in [7, 11) is 2.00. The van der Waals surface area contributed by atoms with Gasteiger partial charge in [0.25, 0.3) is 0 Å². The first kappa shape index (κ1) is 18.4. The topological polar surface area (TPSA) is 86.6 Å². The summed E-state index contributed by atoms with van der Waals surface area (Å²) in [6.45, 7) is 3.49. The molecule has 0 saturated heterocycles. The monoisotopic (exact) mass is 400 g/mol. The first-order valence-electron chi connectivity index (χ1n) is 10.1. The molecule has 5 rings (SSSR count). The molecular weight excluding hydrogens is 376 g/mol. The van der Waals surface area contributed by atoms with Crippen molar-refractivity contribution in [2.45, 2.75) is 19.9 Å². The van der Waals surface area contributed by atoms with E-state index < -0.39 is 0 Å². The molecule has 2 aromatic carbocycles. The van der Waals surface area contributed by atoms with Crippen LogP contribution in [0.25, 0.3) is 38.9 Å². The summed E-state index contributed by atoms with van der Waals surface area (Å²) in [5.41, 5.74) is 10.6. The maximum Gasteiger partial charge on any atom is 0.348 e. The number of hydrogen-bond donors (Lipinski definition) is 2. The summed E-state index contributed by atoms with van der Waals surface area (Å²) in [5.74, 6) is 0.607. The van der Waals surface area contributed by atoms with E-state index in [9.17, 15) is 4.79 Å². The van der Waals surface area contributed by atoms with E-state index in [1.54, 1.807) is 4.57 Å². The highest BCUT2D eigenvalue weighted by Gasteiger charge is 2.20. The van der Waals surface area contributed by atoms with Crippen LogP contribution in [0, 0.1) is 6.92 Å². The van der Waals surface area contributed by atoms with E-state index in [1.807, 2.05) is 31.6 Å². The Bertz CT molecular complexity index is 1430. The molecule has 3 aromatic heterocycles. The van der Waals surface area contributed by atoms with Gasteiger partial charge in [0.1, 0.15) is 0 Å². The Hall–Kier alpha value is -3.58. The second kappa shape index (κ2) is 7.03. The normalized spacial score (nSPS) is 11.7. The minimum Gasteiger partial charge on any atom is -0.350 e. The van der Waals surface area contributed by atoms with E-state index in [0.717, 1.165) is 46.0 Å². The van der Waals surface area contributed by atoms with Gasteiger partial charge in [-0.1, -0.05) is 30.3 Å². The fourth-order valence-electron chi connectivity index (χ4n) is 4.23. The van der Waals surface area contributed by atoms with Crippen LogP contribution in [-0.2, 0) is 13.6 Å². The number of aromatic amines is 1.